The second-order valence-electron chi connectivity index (χ2n) is 28.6. The first-order chi connectivity index (χ1) is 57.0. The van der Waals surface area contributed by atoms with Crippen molar-refractivity contribution in [2.75, 3.05) is 29.4 Å². The Morgan fingerprint density at radius 2 is 0.313 bits per heavy atom. The van der Waals surface area contributed by atoms with Gasteiger partial charge >= 0.3 is 0 Å². The normalized spacial score (nSPS) is 11.1. The highest BCUT2D eigenvalue weighted by molar-refractivity contribution is 7.25. The van der Waals surface area contributed by atoms with Gasteiger partial charge in [0, 0.05) is 88.4 Å². The molecular weight excluding hydrogens is 1410 g/mol. The van der Waals surface area contributed by atoms with Crippen molar-refractivity contribution >= 4 is 134 Å². The third-order valence-corrected chi connectivity index (χ3v) is 22.4. The van der Waals surface area contributed by atoms with E-state index in [0.29, 0.717) is 0 Å². The molecule has 0 aliphatic heterocycles. The van der Waals surface area contributed by atoms with Crippen molar-refractivity contribution < 1.29 is 0 Å². The number of anilines is 18. The molecule has 0 saturated heterocycles. The molecule has 1 aromatic heterocycles. The van der Waals surface area contributed by atoms with E-state index in [1.54, 1.807) is 0 Å². The zero-order chi connectivity index (χ0) is 76.6. The Morgan fingerprint density at radius 3 is 0.600 bits per heavy atom. The lowest BCUT2D eigenvalue weighted by Gasteiger charge is -2.33. The summed E-state index contributed by atoms with van der Waals surface area (Å²) >= 11 is 1.84. The van der Waals surface area contributed by atoms with E-state index in [1.165, 1.54) is 25.7 Å². The first kappa shape index (κ1) is 70.4. The highest BCUT2D eigenvalue weighted by Crippen LogP contribution is 2.51. The number of thiophene rings is 1. The maximum absolute atomic E-state index is 2.43. The van der Waals surface area contributed by atoms with Crippen LogP contribution in [0.25, 0.3) is 64.7 Å². The monoisotopic (exact) mass is 1490 g/mol. The molecule has 0 saturated carbocycles. The Hall–Kier alpha value is -15.0. The molecule has 0 aliphatic carbocycles. The van der Waals surface area contributed by atoms with E-state index in [1.807, 2.05) is 11.3 Å². The number of para-hydroxylation sites is 7. The van der Waals surface area contributed by atoms with Crippen LogP contribution < -0.4 is 29.4 Å². The van der Waals surface area contributed by atoms with E-state index in [4.69, 9.17) is 0 Å². The lowest BCUT2D eigenvalue weighted by Crippen LogP contribution is -2.16. The summed E-state index contributed by atoms with van der Waals surface area (Å²) in [7, 11) is 0. The average molecular weight is 1490 g/mol. The topological polar surface area (TPSA) is 19.4 Å². The largest absolute Gasteiger partial charge is 0.310 e. The number of nitrogens with zero attached hydrogens (tertiary/aromatic N) is 6. The molecule has 0 amide bonds. The van der Waals surface area contributed by atoms with Crippen molar-refractivity contribution in [3.05, 3.63) is 473 Å². The van der Waals surface area contributed by atoms with Gasteiger partial charge in [-0.2, -0.15) is 0 Å². The van der Waals surface area contributed by atoms with Crippen LogP contribution in [0.5, 0.6) is 0 Å². The minimum Gasteiger partial charge on any atom is -0.310 e. The van der Waals surface area contributed by atoms with E-state index < -0.39 is 0 Å². The van der Waals surface area contributed by atoms with Crippen molar-refractivity contribution in [1.29, 1.82) is 0 Å². The molecule has 19 aromatic rings. The van der Waals surface area contributed by atoms with Crippen LogP contribution in [0.2, 0.25) is 0 Å². The van der Waals surface area contributed by atoms with Crippen LogP contribution in [0.4, 0.5) is 102 Å². The lowest BCUT2D eigenvalue weighted by atomic mass is 9.98. The summed E-state index contributed by atoms with van der Waals surface area (Å²) in [6, 6.07) is 171. The second kappa shape index (κ2) is 32.1. The molecule has 0 spiro atoms. The smallest absolute Gasteiger partial charge is 0.0503 e. The van der Waals surface area contributed by atoms with Crippen LogP contribution in [0, 0.1) is 0 Å². The van der Waals surface area contributed by atoms with Gasteiger partial charge in [-0.1, -0.05) is 273 Å². The predicted octanol–water partition coefficient (Wildman–Crippen LogP) is 31.5. The molecule has 0 aliphatic rings. The molecule has 18 aromatic carbocycles. The van der Waals surface area contributed by atoms with E-state index in [-0.39, 0.29) is 0 Å². The zero-order valence-corrected chi connectivity index (χ0v) is 63.9. The highest BCUT2D eigenvalue weighted by atomic mass is 32.1. The maximum atomic E-state index is 2.43. The van der Waals surface area contributed by atoms with Crippen LogP contribution in [-0.2, 0) is 0 Å². The van der Waals surface area contributed by atoms with E-state index in [2.05, 4.69) is 503 Å². The van der Waals surface area contributed by atoms with Gasteiger partial charge in [-0.3, -0.25) is 0 Å². The number of rotatable bonds is 22. The van der Waals surface area contributed by atoms with E-state index in [9.17, 15) is 0 Å². The van der Waals surface area contributed by atoms with Gasteiger partial charge in [0.15, 0.2) is 0 Å². The van der Waals surface area contributed by atoms with Gasteiger partial charge in [0.05, 0.1) is 34.1 Å². The quantitative estimate of drug-likeness (QED) is 0.0669. The SMILES string of the molecule is c1ccc(-c2ccc(N(c3ccc(-c4cccc(-c5ccc(N(c6ccccc6)c6cc(N(c7ccccc7)c7ccccc7)cc(N(c7ccc(-c8ccccc8)cc7)c7ccc8sc9ccccc9c8c7)c6)cc5)c4)cc3)c3cc(N(c4ccccc4)c4ccccc4)cc(N(c4ccccc4)c4ccccc4)c3)cc2)cc1. The summed E-state index contributed by atoms with van der Waals surface area (Å²) in [4.78, 5) is 14.3. The molecule has 0 fully saturated rings. The van der Waals surface area contributed by atoms with Crippen LogP contribution in [0.1, 0.15) is 0 Å². The van der Waals surface area contributed by atoms with Crippen molar-refractivity contribution in [2.45, 2.75) is 0 Å². The summed E-state index contributed by atoms with van der Waals surface area (Å²) in [6.07, 6.45) is 0. The average Bonchev–Trinajstić information content (AvgIpc) is 1.70. The minimum atomic E-state index is 0.986. The summed E-state index contributed by atoms with van der Waals surface area (Å²) < 4.78 is 2.52. The highest BCUT2D eigenvalue weighted by Gasteiger charge is 2.26. The van der Waals surface area contributed by atoms with Gasteiger partial charge in [-0.05, 0) is 245 Å². The molecular formula is C108H78N6S. The zero-order valence-electron chi connectivity index (χ0n) is 63.1. The number of hydrogen-bond acceptors (Lipinski definition) is 7. The fourth-order valence-electron chi connectivity index (χ4n) is 15.9. The van der Waals surface area contributed by atoms with Crippen molar-refractivity contribution in [3.8, 4) is 44.5 Å². The van der Waals surface area contributed by atoms with Crippen molar-refractivity contribution in [3.63, 3.8) is 0 Å². The fraction of sp³-hybridized carbons (Fsp3) is 0. The Balaban J connectivity index is 0.718. The van der Waals surface area contributed by atoms with E-state index in [0.717, 1.165) is 141 Å². The molecule has 0 N–H and O–H groups in total. The molecule has 6 nitrogen and oxygen atoms in total. The van der Waals surface area contributed by atoms with Crippen molar-refractivity contribution in [1.82, 2.24) is 0 Å². The fourth-order valence-corrected chi connectivity index (χ4v) is 16.9. The third kappa shape index (κ3) is 14.8. The van der Waals surface area contributed by atoms with Crippen LogP contribution >= 0.6 is 11.3 Å². The van der Waals surface area contributed by atoms with E-state index >= 15 is 0 Å². The van der Waals surface area contributed by atoms with Gasteiger partial charge in [0.2, 0.25) is 0 Å². The van der Waals surface area contributed by atoms with Crippen LogP contribution in [-0.4, -0.2) is 0 Å². The summed E-state index contributed by atoms with van der Waals surface area (Å²) in [6.45, 7) is 0. The lowest BCUT2D eigenvalue weighted by molar-refractivity contribution is 1.22. The van der Waals surface area contributed by atoms with Crippen molar-refractivity contribution in [2.24, 2.45) is 0 Å². The number of benzene rings is 18. The van der Waals surface area contributed by atoms with Crippen LogP contribution in [0.3, 0.4) is 0 Å². The Kier molecular flexibility index (Phi) is 19.7. The molecule has 0 bridgehead atoms. The molecule has 19 rings (SSSR count). The molecule has 115 heavy (non-hydrogen) atoms. The molecule has 7 heteroatoms. The predicted molar refractivity (Wildman–Crippen MR) is 489 cm³/mol. The molecule has 0 unspecified atom stereocenters. The minimum absolute atomic E-state index is 0.986. The third-order valence-electron chi connectivity index (χ3n) is 21.3. The first-order valence-electron chi connectivity index (χ1n) is 39.0. The molecule has 546 valence electrons. The maximum Gasteiger partial charge on any atom is 0.0503 e. The van der Waals surface area contributed by atoms with Gasteiger partial charge in [-0.25, -0.2) is 0 Å². The Labute approximate surface area is 676 Å². The number of fused-ring (bicyclic) bond motifs is 3. The number of hydrogen-bond donors (Lipinski definition) is 0. The van der Waals surface area contributed by atoms with Crippen LogP contribution in [0.15, 0.2) is 473 Å². The Bertz CT molecular complexity index is 6260. The summed E-state index contributed by atoms with van der Waals surface area (Å²) in [5, 5.41) is 2.48. The first-order valence-corrected chi connectivity index (χ1v) is 39.8. The summed E-state index contributed by atoms with van der Waals surface area (Å²) in [5.41, 5.74) is 27.5. The molecule has 0 atom stereocenters. The standard InChI is InChI=1S/C108H78N6S/c1-10-31-79(32-11-1)81-53-61-95(62-54-81)113(103-74-99(109(87-37-14-3-15-38-87)88-39-16-4-17-40-88)72-100(75-103)110(89-41-18-5-19-42-89)90-43-20-6-21-44-90)96-67-59-84(60-68-96)86-36-30-35-85(71-86)83-57-65-94(66-58-83)112(93-49-26-9-27-50-93)102-73-101(111(91-45-22-7-23-46-91)92-47-24-8-25-48-92)76-104(77-102)114(97-63-55-82(56-64-97)80-33-12-2-13-34-80)98-69-70-108-106(78-98)105-51-28-29-52-107(105)115-108/h1-78H. The second-order valence-corrected chi connectivity index (χ2v) is 29.6. The summed E-state index contributed by atoms with van der Waals surface area (Å²) in [5.74, 6) is 0. The molecule has 0 radical (unpaired) electrons. The van der Waals surface area contributed by atoms with Gasteiger partial charge in [0.25, 0.3) is 0 Å². The van der Waals surface area contributed by atoms with Gasteiger partial charge in [0.1, 0.15) is 0 Å². The van der Waals surface area contributed by atoms with Gasteiger partial charge < -0.3 is 29.4 Å². The molecule has 1 heterocycles. The Morgan fingerprint density at radius 1 is 0.113 bits per heavy atom. The van der Waals surface area contributed by atoms with Gasteiger partial charge in [-0.15, -0.1) is 11.3 Å².